The molecule has 0 bridgehead atoms. The van der Waals surface area contributed by atoms with Crippen LogP contribution in [0.25, 0.3) is 5.70 Å². The molecular weight excluding hydrogens is 330 g/mol. The fourth-order valence-electron chi connectivity index (χ4n) is 2.34. The summed E-state index contributed by atoms with van der Waals surface area (Å²) < 4.78 is 0.995. The molecule has 0 spiro atoms. The molecule has 1 aliphatic rings. The van der Waals surface area contributed by atoms with Gasteiger partial charge in [-0.05, 0) is 30.7 Å². The van der Waals surface area contributed by atoms with E-state index in [9.17, 15) is 9.59 Å². The van der Waals surface area contributed by atoms with E-state index in [4.69, 9.17) is 0 Å². The highest BCUT2D eigenvalue weighted by atomic mass is 79.9. The van der Waals surface area contributed by atoms with Crippen LogP contribution in [-0.4, -0.2) is 11.6 Å². The third-order valence-corrected chi connectivity index (χ3v) is 3.91. The number of ketones is 2. The molecule has 0 aliphatic heterocycles. The lowest BCUT2D eigenvalue weighted by molar-refractivity contribution is -0.111. The van der Waals surface area contributed by atoms with Crippen LogP contribution in [0, 0.1) is 6.92 Å². The van der Waals surface area contributed by atoms with Gasteiger partial charge in [0.1, 0.15) is 0 Å². The number of nitrogens with one attached hydrogen (secondary N) is 1. The van der Waals surface area contributed by atoms with Gasteiger partial charge in [0.2, 0.25) is 11.6 Å². The monoisotopic (exact) mass is 341 g/mol. The maximum atomic E-state index is 11.9. The van der Waals surface area contributed by atoms with Gasteiger partial charge in [-0.15, -0.1) is 0 Å². The minimum absolute atomic E-state index is 0.447. The number of rotatable bonds is 2. The normalized spacial score (nSPS) is 13.7. The largest absolute Gasteiger partial charge is 0.355 e. The van der Waals surface area contributed by atoms with Crippen molar-refractivity contribution in [1.29, 1.82) is 0 Å². The first-order valence-corrected chi connectivity index (χ1v) is 7.28. The van der Waals surface area contributed by atoms with Crippen molar-refractivity contribution >= 4 is 38.9 Å². The third-order valence-electron chi connectivity index (χ3n) is 3.42. The summed E-state index contributed by atoms with van der Waals surface area (Å²) >= 11 is 3.42. The molecule has 0 unspecified atom stereocenters. The highest BCUT2D eigenvalue weighted by Gasteiger charge is 2.25. The van der Waals surface area contributed by atoms with Crippen LogP contribution < -0.4 is 5.32 Å². The average molecular weight is 342 g/mol. The Labute approximate surface area is 130 Å². The van der Waals surface area contributed by atoms with Crippen molar-refractivity contribution in [2.75, 3.05) is 5.32 Å². The number of anilines is 1. The van der Waals surface area contributed by atoms with Gasteiger partial charge in [0.05, 0.1) is 5.70 Å². The summed E-state index contributed by atoms with van der Waals surface area (Å²) in [6, 6.07) is 13.0. The van der Waals surface area contributed by atoms with Gasteiger partial charge in [0.25, 0.3) is 0 Å². The Morgan fingerprint density at radius 1 is 1.00 bits per heavy atom. The number of allylic oxidation sites excluding steroid dienone is 1. The summed E-state index contributed by atoms with van der Waals surface area (Å²) in [5.74, 6) is -0.949. The number of benzene rings is 2. The summed E-state index contributed by atoms with van der Waals surface area (Å²) in [5.41, 5.74) is 3.81. The van der Waals surface area contributed by atoms with E-state index >= 15 is 0 Å². The predicted octanol–water partition coefficient (Wildman–Crippen LogP) is 3.98. The first kappa shape index (κ1) is 13.8. The molecular formula is C17H12BrNO2. The number of Topliss-reactive ketones (excluding diaryl/α,β-unsaturated/α-hetero) is 1. The number of hydrogen-bond acceptors (Lipinski definition) is 3. The zero-order valence-electron chi connectivity index (χ0n) is 11.3. The Bertz CT molecular complexity index is 793. The Kier molecular flexibility index (Phi) is 3.47. The molecule has 1 N–H and O–H groups in total. The minimum atomic E-state index is -0.494. The van der Waals surface area contributed by atoms with E-state index in [0.717, 1.165) is 21.3 Å². The predicted molar refractivity (Wildman–Crippen MR) is 86.3 cm³/mol. The molecule has 0 amide bonds. The first-order valence-electron chi connectivity index (χ1n) is 6.49. The summed E-state index contributed by atoms with van der Waals surface area (Å²) in [6.45, 7) is 1.98. The maximum Gasteiger partial charge on any atom is 0.233 e. The lowest BCUT2D eigenvalue weighted by atomic mass is 9.92. The Balaban J connectivity index is 2.04. The van der Waals surface area contributed by atoms with Crippen molar-refractivity contribution in [1.82, 2.24) is 0 Å². The molecule has 4 heteroatoms. The smallest absolute Gasteiger partial charge is 0.233 e. The van der Waals surface area contributed by atoms with E-state index in [-0.39, 0.29) is 0 Å². The molecule has 0 heterocycles. The van der Waals surface area contributed by atoms with E-state index in [2.05, 4.69) is 21.2 Å². The molecule has 2 aromatic carbocycles. The Morgan fingerprint density at radius 3 is 2.43 bits per heavy atom. The molecule has 0 fully saturated rings. The van der Waals surface area contributed by atoms with E-state index in [0.29, 0.717) is 11.3 Å². The maximum absolute atomic E-state index is 11.9. The van der Waals surface area contributed by atoms with Crippen molar-refractivity contribution < 1.29 is 9.59 Å². The van der Waals surface area contributed by atoms with Crippen LogP contribution in [0.15, 0.2) is 53.0 Å². The number of aryl methyl sites for hydroxylation is 1. The molecule has 3 rings (SSSR count). The van der Waals surface area contributed by atoms with E-state index in [1.54, 1.807) is 12.1 Å². The number of fused-ring (bicyclic) bond motifs is 1. The summed E-state index contributed by atoms with van der Waals surface area (Å²) in [6.07, 6.45) is 1.37. The molecule has 0 aromatic heterocycles. The number of hydrogen-bond donors (Lipinski definition) is 1. The Morgan fingerprint density at radius 2 is 1.71 bits per heavy atom. The van der Waals surface area contributed by atoms with Crippen LogP contribution in [0.5, 0.6) is 0 Å². The van der Waals surface area contributed by atoms with Crippen LogP contribution >= 0.6 is 15.9 Å². The summed E-state index contributed by atoms with van der Waals surface area (Å²) in [4.78, 5) is 23.7. The molecule has 0 saturated carbocycles. The van der Waals surface area contributed by atoms with Crippen molar-refractivity contribution in [3.63, 3.8) is 0 Å². The molecule has 104 valence electrons. The zero-order chi connectivity index (χ0) is 15.0. The Hall–Kier alpha value is -2.20. The third kappa shape index (κ3) is 2.54. The van der Waals surface area contributed by atoms with E-state index < -0.39 is 11.6 Å². The minimum Gasteiger partial charge on any atom is -0.355 e. The van der Waals surface area contributed by atoms with Crippen molar-refractivity contribution in [2.24, 2.45) is 0 Å². The number of carbonyl (C=O) groups is 2. The molecule has 1 aliphatic carbocycles. The number of halogens is 1. The molecule has 21 heavy (non-hydrogen) atoms. The molecule has 2 aromatic rings. The van der Waals surface area contributed by atoms with Crippen molar-refractivity contribution in [2.45, 2.75) is 6.92 Å². The van der Waals surface area contributed by atoms with Crippen LogP contribution in [0.2, 0.25) is 0 Å². The van der Waals surface area contributed by atoms with Crippen LogP contribution in [0.3, 0.4) is 0 Å². The molecule has 0 saturated heterocycles. The second-order valence-corrected chi connectivity index (χ2v) is 5.80. The lowest BCUT2D eigenvalue weighted by Crippen LogP contribution is -2.21. The first-order chi connectivity index (χ1) is 10.1. The quantitative estimate of drug-likeness (QED) is 0.840. The average Bonchev–Trinajstić information content (AvgIpc) is 2.47. The molecule has 0 radical (unpaired) electrons. The van der Waals surface area contributed by atoms with Gasteiger partial charge in [-0.3, -0.25) is 9.59 Å². The lowest BCUT2D eigenvalue weighted by Gasteiger charge is -2.19. The SMILES string of the molecule is Cc1cc(Br)ccc1NC1=CC(=O)C(=O)c2ccccc21. The molecule has 3 nitrogen and oxygen atoms in total. The van der Waals surface area contributed by atoms with Crippen molar-refractivity contribution in [3.8, 4) is 0 Å². The molecule has 0 atom stereocenters. The summed E-state index contributed by atoms with van der Waals surface area (Å²) in [5, 5.41) is 3.25. The summed E-state index contributed by atoms with van der Waals surface area (Å²) in [7, 11) is 0. The van der Waals surface area contributed by atoms with Crippen LogP contribution in [0.4, 0.5) is 5.69 Å². The van der Waals surface area contributed by atoms with Gasteiger partial charge in [-0.25, -0.2) is 0 Å². The van der Waals surface area contributed by atoms with Gasteiger partial charge in [-0.1, -0.05) is 40.2 Å². The van der Waals surface area contributed by atoms with Gasteiger partial charge < -0.3 is 5.32 Å². The highest BCUT2D eigenvalue weighted by molar-refractivity contribution is 9.10. The number of carbonyl (C=O) groups excluding carboxylic acids is 2. The van der Waals surface area contributed by atoms with Crippen LogP contribution in [-0.2, 0) is 4.79 Å². The fraction of sp³-hybridized carbons (Fsp3) is 0.0588. The zero-order valence-corrected chi connectivity index (χ0v) is 12.9. The topological polar surface area (TPSA) is 46.2 Å². The van der Waals surface area contributed by atoms with Gasteiger partial charge in [0.15, 0.2) is 0 Å². The second-order valence-electron chi connectivity index (χ2n) is 4.88. The van der Waals surface area contributed by atoms with Crippen molar-refractivity contribution in [3.05, 3.63) is 69.7 Å². The standard InChI is InChI=1S/C17H12BrNO2/c1-10-8-11(18)6-7-14(10)19-15-9-16(20)17(21)13-5-3-2-4-12(13)15/h2-9,19H,1H3. The van der Waals surface area contributed by atoms with Gasteiger partial charge >= 0.3 is 0 Å². The van der Waals surface area contributed by atoms with Gasteiger partial charge in [-0.2, -0.15) is 0 Å². The van der Waals surface area contributed by atoms with Crippen LogP contribution in [0.1, 0.15) is 21.5 Å². The van der Waals surface area contributed by atoms with E-state index in [1.807, 2.05) is 37.3 Å². The van der Waals surface area contributed by atoms with E-state index in [1.165, 1.54) is 6.08 Å². The fourth-order valence-corrected chi connectivity index (χ4v) is 2.81. The second kappa shape index (κ2) is 5.30. The highest BCUT2D eigenvalue weighted by Crippen LogP contribution is 2.28. The van der Waals surface area contributed by atoms with Gasteiger partial charge in [0, 0.05) is 27.4 Å².